The molecule has 3 nitrogen and oxygen atoms in total. The van der Waals surface area contributed by atoms with Gasteiger partial charge in [0.15, 0.2) is 5.82 Å². The number of nitrogens with zero attached hydrogens (tertiary/aromatic N) is 3. The van der Waals surface area contributed by atoms with Gasteiger partial charge >= 0.3 is 0 Å². The molecule has 0 unspecified atom stereocenters. The maximum absolute atomic E-state index is 5.99. The van der Waals surface area contributed by atoms with Crippen LogP contribution in [0, 0.1) is 12.8 Å². The molecule has 0 spiro atoms. The summed E-state index contributed by atoms with van der Waals surface area (Å²) in [6, 6.07) is 9.78. The monoisotopic (exact) mass is 299 g/mol. The Morgan fingerprint density at radius 1 is 1.19 bits per heavy atom. The van der Waals surface area contributed by atoms with Crippen LogP contribution in [0.2, 0.25) is 5.02 Å². The highest BCUT2D eigenvalue weighted by Gasteiger charge is 2.23. The SMILES string of the molecule is Cc1cc(N2CC(C)C2)nc(/C=C/c2cccc(Cl)c2)n1. The van der Waals surface area contributed by atoms with Gasteiger partial charge in [0.25, 0.3) is 0 Å². The van der Waals surface area contributed by atoms with Crippen LogP contribution in [0.1, 0.15) is 24.0 Å². The second-order valence-corrected chi connectivity index (χ2v) is 6.06. The molecule has 0 radical (unpaired) electrons. The van der Waals surface area contributed by atoms with Crippen LogP contribution in [0.25, 0.3) is 12.2 Å². The van der Waals surface area contributed by atoms with Gasteiger partial charge in [0.1, 0.15) is 5.82 Å². The number of hydrogen-bond donors (Lipinski definition) is 0. The van der Waals surface area contributed by atoms with Crippen LogP contribution in [0.5, 0.6) is 0 Å². The molecule has 0 saturated carbocycles. The van der Waals surface area contributed by atoms with E-state index in [1.165, 1.54) is 0 Å². The second-order valence-electron chi connectivity index (χ2n) is 5.62. The third kappa shape index (κ3) is 3.42. The molecule has 1 fully saturated rings. The summed E-state index contributed by atoms with van der Waals surface area (Å²) in [4.78, 5) is 11.4. The fourth-order valence-electron chi connectivity index (χ4n) is 2.48. The van der Waals surface area contributed by atoms with E-state index in [-0.39, 0.29) is 0 Å². The van der Waals surface area contributed by atoms with Crippen molar-refractivity contribution in [3.8, 4) is 0 Å². The Hall–Kier alpha value is -1.87. The lowest BCUT2D eigenvalue weighted by Crippen LogP contribution is -2.45. The average Bonchev–Trinajstić information content (AvgIpc) is 2.41. The standard InChI is InChI=1S/C17H18ClN3/c1-12-10-21(11-12)17-8-13(2)19-16(20-17)7-6-14-4-3-5-15(18)9-14/h3-9,12H,10-11H2,1-2H3/b7-6+. The number of anilines is 1. The smallest absolute Gasteiger partial charge is 0.154 e. The summed E-state index contributed by atoms with van der Waals surface area (Å²) in [6.45, 7) is 6.41. The van der Waals surface area contributed by atoms with Crippen LogP contribution < -0.4 is 4.90 Å². The number of aromatic nitrogens is 2. The molecule has 21 heavy (non-hydrogen) atoms. The predicted molar refractivity (Wildman–Crippen MR) is 88.5 cm³/mol. The Morgan fingerprint density at radius 3 is 2.71 bits per heavy atom. The van der Waals surface area contributed by atoms with Crippen molar-refractivity contribution in [2.24, 2.45) is 5.92 Å². The van der Waals surface area contributed by atoms with Gasteiger partial charge < -0.3 is 4.90 Å². The Labute approximate surface area is 130 Å². The van der Waals surface area contributed by atoms with E-state index in [9.17, 15) is 0 Å². The van der Waals surface area contributed by atoms with Gasteiger partial charge in [0, 0.05) is 29.9 Å². The topological polar surface area (TPSA) is 29.0 Å². The molecule has 1 aliphatic rings. The van der Waals surface area contributed by atoms with Crippen LogP contribution in [0.3, 0.4) is 0 Å². The quantitative estimate of drug-likeness (QED) is 0.855. The molecule has 0 N–H and O–H groups in total. The van der Waals surface area contributed by atoms with Crippen molar-refractivity contribution >= 4 is 29.6 Å². The maximum Gasteiger partial charge on any atom is 0.154 e. The normalized spacial score (nSPS) is 15.5. The Balaban J connectivity index is 1.82. The highest BCUT2D eigenvalue weighted by molar-refractivity contribution is 6.30. The first-order valence-electron chi connectivity index (χ1n) is 7.14. The summed E-state index contributed by atoms with van der Waals surface area (Å²) >= 11 is 5.99. The molecule has 0 amide bonds. The summed E-state index contributed by atoms with van der Waals surface area (Å²) in [5.41, 5.74) is 2.04. The van der Waals surface area contributed by atoms with Crippen molar-refractivity contribution in [1.82, 2.24) is 9.97 Å². The second kappa shape index (κ2) is 5.86. The zero-order valence-electron chi connectivity index (χ0n) is 12.3. The van der Waals surface area contributed by atoms with Crippen molar-refractivity contribution in [2.75, 3.05) is 18.0 Å². The summed E-state index contributed by atoms with van der Waals surface area (Å²) in [5.74, 6) is 2.52. The summed E-state index contributed by atoms with van der Waals surface area (Å²) < 4.78 is 0. The van der Waals surface area contributed by atoms with Crippen LogP contribution in [-0.4, -0.2) is 23.1 Å². The molecule has 4 heteroatoms. The number of halogens is 1. The maximum atomic E-state index is 5.99. The molecular weight excluding hydrogens is 282 g/mol. The van der Waals surface area contributed by atoms with Gasteiger partial charge in [-0.25, -0.2) is 9.97 Å². The van der Waals surface area contributed by atoms with Crippen molar-refractivity contribution in [3.05, 3.63) is 52.4 Å². The van der Waals surface area contributed by atoms with E-state index in [0.29, 0.717) is 0 Å². The lowest BCUT2D eigenvalue weighted by molar-refractivity contribution is 0.443. The van der Waals surface area contributed by atoms with E-state index in [0.717, 1.165) is 46.9 Å². The van der Waals surface area contributed by atoms with Crippen LogP contribution in [-0.2, 0) is 0 Å². The average molecular weight is 300 g/mol. The first-order chi connectivity index (χ1) is 10.1. The van der Waals surface area contributed by atoms with E-state index >= 15 is 0 Å². The molecule has 2 heterocycles. The van der Waals surface area contributed by atoms with E-state index in [1.54, 1.807) is 0 Å². The molecule has 3 rings (SSSR count). The molecule has 1 aliphatic heterocycles. The summed E-state index contributed by atoms with van der Waals surface area (Å²) in [5, 5.41) is 0.734. The van der Waals surface area contributed by atoms with Crippen molar-refractivity contribution in [2.45, 2.75) is 13.8 Å². The molecule has 1 aromatic heterocycles. The van der Waals surface area contributed by atoms with Crippen molar-refractivity contribution in [1.29, 1.82) is 0 Å². The molecule has 0 atom stereocenters. The summed E-state index contributed by atoms with van der Waals surface area (Å²) in [6.07, 6.45) is 3.93. The third-order valence-electron chi connectivity index (χ3n) is 3.52. The molecular formula is C17H18ClN3. The number of aryl methyl sites for hydroxylation is 1. The molecule has 1 saturated heterocycles. The zero-order chi connectivity index (χ0) is 14.8. The number of rotatable bonds is 3. The first kappa shape index (κ1) is 14.1. The van der Waals surface area contributed by atoms with Crippen molar-refractivity contribution in [3.63, 3.8) is 0 Å². The van der Waals surface area contributed by atoms with Gasteiger partial charge in [0.2, 0.25) is 0 Å². The van der Waals surface area contributed by atoms with Gasteiger partial charge in [-0.3, -0.25) is 0 Å². The minimum Gasteiger partial charge on any atom is -0.356 e. The van der Waals surface area contributed by atoms with Gasteiger partial charge in [-0.15, -0.1) is 0 Å². The lowest BCUT2D eigenvalue weighted by Gasteiger charge is -2.38. The van der Waals surface area contributed by atoms with Gasteiger partial charge in [-0.2, -0.15) is 0 Å². The van der Waals surface area contributed by atoms with E-state index in [1.807, 2.05) is 49.4 Å². The number of hydrogen-bond acceptors (Lipinski definition) is 3. The molecule has 2 aromatic rings. The third-order valence-corrected chi connectivity index (χ3v) is 3.75. The Bertz CT molecular complexity index is 675. The lowest BCUT2D eigenvalue weighted by atomic mass is 10.0. The van der Waals surface area contributed by atoms with E-state index < -0.39 is 0 Å². The highest BCUT2D eigenvalue weighted by Crippen LogP contribution is 2.23. The number of benzene rings is 1. The minimum absolute atomic E-state index is 0.734. The van der Waals surface area contributed by atoms with Crippen LogP contribution >= 0.6 is 11.6 Å². The predicted octanol–water partition coefficient (Wildman–Crippen LogP) is 4.06. The highest BCUT2D eigenvalue weighted by atomic mass is 35.5. The van der Waals surface area contributed by atoms with Gasteiger partial charge in [-0.1, -0.05) is 36.7 Å². The Morgan fingerprint density at radius 2 is 2.00 bits per heavy atom. The van der Waals surface area contributed by atoms with Crippen LogP contribution in [0.4, 0.5) is 5.82 Å². The molecule has 1 aromatic carbocycles. The van der Waals surface area contributed by atoms with E-state index in [4.69, 9.17) is 11.6 Å². The van der Waals surface area contributed by atoms with Gasteiger partial charge in [0.05, 0.1) is 0 Å². The largest absolute Gasteiger partial charge is 0.356 e. The van der Waals surface area contributed by atoms with E-state index in [2.05, 4.69) is 21.8 Å². The molecule has 0 bridgehead atoms. The van der Waals surface area contributed by atoms with Crippen molar-refractivity contribution < 1.29 is 0 Å². The molecule has 0 aliphatic carbocycles. The van der Waals surface area contributed by atoms with Gasteiger partial charge in [-0.05, 0) is 36.6 Å². The minimum atomic E-state index is 0.734. The summed E-state index contributed by atoms with van der Waals surface area (Å²) in [7, 11) is 0. The fourth-order valence-corrected chi connectivity index (χ4v) is 2.68. The Kier molecular flexibility index (Phi) is 3.93. The van der Waals surface area contributed by atoms with Crippen LogP contribution in [0.15, 0.2) is 30.3 Å². The zero-order valence-corrected chi connectivity index (χ0v) is 13.0. The first-order valence-corrected chi connectivity index (χ1v) is 7.52. The molecule has 108 valence electrons. The fraction of sp³-hybridized carbons (Fsp3) is 0.294.